The molecule has 2 aromatic rings. The van der Waals surface area contributed by atoms with Crippen LogP contribution < -0.4 is 0 Å². The van der Waals surface area contributed by atoms with E-state index in [0.29, 0.717) is 6.04 Å². The Morgan fingerprint density at radius 2 is 2.29 bits per heavy atom. The SMILES string of the molecule is Cc1ccc2cnn(C3COC3)c2c1. The molecule has 72 valence electrons. The van der Waals surface area contributed by atoms with Gasteiger partial charge in [-0.25, -0.2) is 0 Å². The minimum atomic E-state index is 0.439. The molecule has 0 amide bonds. The van der Waals surface area contributed by atoms with Crippen LogP contribution in [0.3, 0.4) is 0 Å². The Morgan fingerprint density at radius 1 is 1.43 bits per heavy atom. The largest absolute Gasteiger partial charge is 0.377 e. The van der Waals surface area contributed by atoms with Gasteiger partial charge in [0.05, 0.1) is 31.0 Å². The molecule has 0 unspecified atom stereocenters. The Hall–Kier alpha value is -1.35. The van der Waals surface area contributed by atoms with Crippen molar-refractivity contribution in [2.45, 2.75) is 13.0 Å². The van der Waals surface area contributed by atoms with Crippen molar-refractivity contribution in [3.8, 4) is 0 Å². The first-order valence-electron chi connectivity index (χ1n) is 4.86. The monoisotopic (exact) mass is 188 g/mol. The summed E-state index contributed by atoms with van der Waals surface area (Å²) in [5.41, 5.74) is 2.50. The lowest BCUT2D eigenvalue weighted by Crippen LogP contribution is -2.31. The van der Waals surface area contributed by atoms with Crippen LogP contribution in [0.25, 0.3) is 10.9 Å². The minimum Gasteiger partial charge on any atom is -0.377 e. The molecule has 1 saturated heterocycles. The van der Waals surface area contributed by atoms with Crippen LogP contribution in [0.4, 0.5) is 0 Å². The summed E-state index contributed by atoms with van der Waals surface area (Å²) in [6, 6.07) is 6.86. The van der Waals surface area contributed by atoms with E-state index in [-0.39, 0.29) is 0 Å². The number of hydrogen-bond acceptors (Lipinski definition) is 2. The van der Waals surface area contributed by atoms with Crippen molar-refractivity contribution in [1.29, 1.82) is 0 Å². The fourth-order valence-electron chi connectivity index (χ4n) is 1.80. The standard InChI is InChI=1S/C11H12N2O/c1-8-2-3-9-5-12-13(11(9)4-8)10-6-14-7-10/h2-5,10H,6-7H2,1H3. The number of rotatable bonds is 1. The lowest BCUT2D eigenvalue weighted by atomic mass is 10.2. The van der Waals surface area contributed by atoms with Crippen LogP contribution in [0, 0.1) is 6.92 Å². The van der Waals surface area contributed by atoms with E-state index in [0.717, 1.165) is 13.2 Å². The third kappa shape index (κ3) is 1.06. The normalized spacial score (nSPS) is 17.2. The predicted molar refractivity (Wildman–Crippen MR) is 54.3 cm³/mol. The maximum atomic E-state index is 5.18. The van der Waals surface area contributed by atoms with Crippen molar-refractivity contribution >= 4 is 10.9 Å². The van der Waals surface area contributed by atoms with Gasteiger partial charge in [0.1, 0.15) is 0 Å². The topological polar surface area (TPSA) is 27.1 Å². The first-order valence-corrected chi connectivity index (χ1v) is 4.86. The van der Waals surface area contributed by atoms with Crippen LogP contribution >= 0.6 is 0 Å². The molecular weight excluding hydrogens is 176 g/mol. The molecule has 1 aromatic carbocycles. The van der Waals surface area contributed by atoms with E-state index in [4.69, 9.17) is 4.74 Å². The average Bonchev–Trinajstić information content (AvgIpc) is 2.46. The molecular formula is C11H12N2O. The Morgan fingerprint density at radius 3 is 3.00 bits per heavy atom. The second-order valence-corrected chi connectivity index (χ2v) is 3.84. The molecule has 0 bridgehead atoms. The minimum absolute atomic E-state index is 0.439. The van der Waals surface area contributed by atoms with Crippen LogP contribution in [-0.2, 0) is 4.74 Å². The van der Waals surface area contributed by atoms with Gasteiger partial charge in [-0.05, 0) is 18.6 Å². The molecule has 1 aromatic heterocycles. The van der Waals surface area contributed by atoms with Crippen molar-refractivity contribution in [3.05, 3.63) is 30.0 Å². The van der Waals surface area contributed by atoms with E-state index in [1.54, 1.807) is 0 Å². The Labute approximate surface area is 82.3 Å². The van der Waals surface area contributed by atoms with E-state index in [1.807, 2.05) is 6.20 Å². The molecule has 2 heterocycles. The van der Waals surface area contributed by atoms with E-state index in [1.165, 1.54) is 16.5 Å². The van der Waals surface area contributed by atoms with Crippen molar-refractivity contribution in [2.75, 3.05) is 13.2 Å². The quantitative estimate of drug-likeness (QED) is 0.683. The van der Waals surface area contributed by atoms with Gasteiger partial charge in [-0.3, -0.25) is 4.68 Å². The number of fused-ring (bicyclic) bond motifs is 1. The van der Waals surface area contributed by atoms with Crippen molar-refractivity contribution in [2.24, 2.45) is 0 Å². The van der Waals surface area contributed by atoms with Gasteiger partial charge in [0.25, 0.3) is 0 Å². The van der Waals surface area contributed by atoms with Gasteiger partial charge >= 0.3 is 0 Å². The van der Waals surface area contributed by atoms with Gasteiger partial charge in [-0.2, -0.15) is 5.10 Å². The molecule has 14 heavy (non-hydrogen) atoms. The molecule has 0 atom stereocenters. The Balaban J connectivity index is 2.18. The fraction of sp³-hybridized carbons (Fsp3) is 0.364. The number of benzene rings is 1. The van der Waals surface area contributed by atoms with Crippen LogP contribution in [0.2, 0.25) is 0 Å². The molecule has 0 saturated carbocycles. The van der Waals surface area contributed by atoms with Crippen LogP contribution in [0.15, 0.2) is 24.4 Å². The van der Waals surface area contributed by atoms with Crippen molar-refractivity contribution in [3.63, 3.8) is 0 Å². The summed E-state index contributed by atoms with van der Waals surface area (Å²) < 4.78 is 7.25. The zero-order valence-corrected chi connectivity index (χ0v) is 8.10. The Bertz CT molecular complexity index is 471. The number of nitrogens with zero attached hydrogens (tertiary/aromatic N) is 2. The maximum Gasteiger partial charge on any atom is 0.0992 e. The third-order valence-electron chi connectivity index (χ3n) is 2.72. The van der Waals surface area contributed by atoms with E-state index >= 15 is 0 Å². The lowest BCUT2D eigenvalue weighted by molar-refractivity contribution is -0.0266. The van der Waals surface area contributed by atoms with Gasteiger partial charge in [-0.1, -0.05) is 12.1 Å². The molecule has 1 fully saturated rings. The smallest absolute Gasteiger partial charge is 0.0992 e. The first-order chi connectivity index (χ1) is 6.84. The van der Waals surface area contributed by atoms with Gasteiger partial charge in [0, 0.05) is 5.39 Å². The Kier molecular flexibility index (Phi) is 1.61. The highest BCUT2D eigenvalue weighted by Crippen LogP contribution is 2.23. The zero-order valence-electron chi connectivity index (χ0n) is 8.10. The molecule has 0 radical (unpaired) electrons. The summed E-state index contributed by atoms with van der Waals surface area (Å²) in [5.74, 6) is 0. The number of aromatic nitrogens is 2. The first kappa shape index (κ1) is 8.00. The molecule has 1 aliphatic rings. The second kappa shape index (κ2) is 2.82. The molecule has 0 aliphatic carbocycles. The summed E-state index contributed by atoms with van der Waals surface area (Å²) in [5, 5.41) is 5.61. The maximum absolute atomic E-state index is 5.18. The van der Waals surface area contributed by atoms with E-state index in [2.05, 4.69) is 34.9 Å². The summed E-state index contributed by atoms with van der Waals surface area (Å²) in [4.78, 5) is 0. The number of hydrogen-bond donors (Lipinski definition) is 0. The third-order valence-corrected chi connectivity index (χ3v) is 2.72. The summed E-state index contributed by atoms with van der Waals surface area (Å²) in [6.07, 6.45) is 1.92. The van der Waals surface area contributed by atoms with Crippen LogP contribution in [0.5, 0.6) is 0 Å². The fourth-order valence-corrected chi connectivity index (χ4v) is 1.80. The highest BCUT2D eigenvalue weighted by atomic mass is 16.5. The lowest BCUT2D eigenvalue weighted by Gasteiger charge is -2.26. The summed E-state index contributed by atoms with van der Waals surface area (Å²) >= 11 is 0. The number of aryl methyl sites for hydroxylation is 1. The molecule has 3 rings (SSSR count). The molecule has 0 N–H and O–H groups in total. The van der Waals surface area contributed by atoms with Crippen molar-refractivity contribution in [1.82, 2.24) is 9.78 Å². The summed E-state index contributed by atoms with van der Waals surface area (Å²) in [7, 11) is 0. The number of ether oxygens (including phenoxy) is 1. The van der Waals surface area contributed by atoms with E-state index in [9.17, 15) is 0 Å². The van der Waals surface area contributed by atoms with E-state index < -0.39 is 0 Å². The van der Waals surface area contributed by atoms with Gasteiger partial charge in [0.2, 0.25) is 0 Å². The van der Waals surface area contributed by atoms with Crippen molar-refractivity contribution < 1.29 is 4.74 Å². The highest BCUT2D eigenvalue weighted by molar-refractivity contribution is 5.79. The van der Waals surface area contributed by atoms with Crippen LogP contribution in [0.1, 0.15) is 11.6 Å². The second-order valence-electron chi connectivity index (χ2n) is 3.84. The predicted octanol–water partition coefficient (Wildman–Crippen LogP) is 1.92. The molecule has 3 heteroatoms. The highest BCUT2D eigenvalue weighted by Gasteiger charge is 2.22. The molecule has 1 aliphatic heterocycles. The molecule has 0 spiro atoms. The van der Waals surface area contributed by atoms with Gasteiger partial charge in [0.15, 0.2) is 0 Å². The average molecular weight is 188 g/mol. The van der Waals surface area contributed by atoms with Crippen LogP contribution in [-0.4, -0.2) is 23.0 Å². The summed E-state index contributed by atoms with van der Waals surface area (Å²) in [6.45, 7) is 3.70. The zero-order chi connectivity index (χ0) is 9.54. The molecule has 3 nitrogen and oxygen atoms in total. The van der Waals surface area contributed by atoms with Gasteiger partial charge < -0.3 is 4.74 Å². The van der Waals surface area contributed by atoms with Gasteiger partial charge in [-0.15, -0.1) is 0 Å².